The summed E-state index contributed by atoms with van der Waals surface area (Å²) >= 11 is 0. The van der Waals surface area contributed by atoms with E-state index in [1.165, 1.54) is 12.1 Å². The number of phenols is 1. The Bertz CT molecular complexity index is 809. The Hall–Kier alpha value is -2.96. The smallest absolute Gasteiger partial charge is 0.329 e. The van der Waals surface area contributed by atoms with Crippen LogP contribution in [0.4, 0.5) is 8.78 Å². The Labute approximate surface area is 156 Å². The van der Waals surface area contributed by atoms with E-state index in [1.807, 2.05) is 0 Å². The van der Waals surface area contributed by atoms with Gasteiger partial charge in [0.05, 0.1) is 0 Å². The van der Waals surface area contributed by atoms with E-state index in [9.17, 15) is 23.5 Å². The molecule has 144 valence electrons. The average molecular weight is 377 g/mol. The largest absolute Gasteiger partial charge is 0.508 e. The SMILES string of the molecule is CC(C)(C)OC(=O)[C@H](Cc1ccc(O)cc1)NC(=O)c1c(F)cccc1F. The summed E-state index contributed by atoms with van der Waals surface area (Å²) < 4.78 is 33.0. The van der Waals surface area contributed by atoms with Gasteiger partial charge < -0.3 is 15.2 Å². The van der Waals surface area contributed by atoms with Crippen LogP contribution in [0.1, 0.15) is 36.7 Å². The van der Waals surface area contributed by atoms with Gasteiger partial charge >= 0.3 is 5.97 Å². The molecule has 2 aromatic carbocycles. The van der Waals surface area contributed by atoms with Gasteiger partial charge in [-0.2, -0.15) is 0 Å². The van der Waals surface area contributed by atoms with Crippen LogP contribution in [0.2, 0.25) is 0 Å². The number of esters is 1. The Morgan fingerprint density at radius 2 is 1.63 bits per heavy atom. The number of amides is 1. The number of carbonyl (C=O) groups is 2. The van der Waals surface area contributed by atoms with E-state index < -0.39 is 40.7 Å². The highest BCUT2D eigenvalue weighted by Gasteiger charge is 2.29. The van der Waals surface area contributed by atoms with Crippen LogP contribution < -0.4 is 5.32 Å². The molecule has 5 nitrogen and oxygen atoms in total. The average Bonchev–Trinajstić information content (AvgIpc) is 2.54. The maximum atomic E-state index is 13.9. The molecule has 0 heterocycles. The predicted octanol–water partition coefficient (Wildman–Crippen LogP) is 3.35. The summed E-state index contributed by atoms with van der Waals surface area (Å²) in [7, 11) is 0. The van der Waals surface area contributed by atoms with Crippen LogP contribution in [-0.2, 0) is 16.0 Å². The number of benzene rings is 2. The lowest BCUT2D eigenvalue weighted by Gasteiger charge is -2.25. The molecule has 1 atom stereocenters. The fourth-order valence-electron chi connectivity index (χ4n) is 2.38. The Kier molecular flexibility index (Phi) is 6.15. The van der Waals surface area contributed by atoms with E-state index in [0.717, 1.165) is 18.2 Å². The third kappa shape index (κ3) is 5.77. The van der Waals surface area contributed by atoms with Crippen molar-refractivity contribution in [3.63, 3.8) is 0 Å². The van der Waals surface area contributed by atoms with E-state index in [4.69, 9.17) is 4.74 Å². The van der Waals surface area contributed by atoms with Gasteiger partial charge in [0, 0.05) is 6.42 Å². The van der Waals surface area contributed by atoms with Crippen LogP contribution in [0.15, 0.2) is 42.5 Å². The molecule has 0 unspecified atom stereocenters. The molecular weight excluding hydrogens is 356 g/mol. The summed E-state index contributed by atoms with van der Waals surface area (Å²) in [6.45, 7) is 5.00. The highest BCUT2D eigenvalue weighted by Crippen LogP contribution is 2.16. The minimum Gasteiger partial charge on any atom is -0.508 e. The van der Waals surface area contributed by atoms with Gasteiger partial charge in [0.2, 0.25) is 0 Å². The minimum absolute atomic E-state index is 0.0248. The van der Waals surface area contributed by atoms with Gasteiger partial charge in [0.25, 0.3) is 5.91 Å². The number of rotatable bonds is 5. The zero-order chi connectivity index (χ0) is 20.2. The van der Waals surface area contributed by atoms with Crippen molar-refractivity contribution in [3.05, 3.63) is 65.2 Å². The molecule has 7 heteroatoms. The monoisotopic (exact) mass is 377 g/mol. The molecule has 2 aromatic rings. The van der Waals surface area contributed by atoms with E-state index in [0.29, 0.717) is 5.56 Å². The molecule has 0 saturated heterocycles. The summed E-state index contributed by atoms with van der Waals surface area (Å²) in [5.41, 5.74) is -0.951. The molecule has 0 aromatic heterocycles. The lowest BCUT2D eigenvalue weighted by molar-refractivity contribution is -0.157. The summed E-state index contributed by atoms with van der Waals surface area (Å²) in [4.78, 5) is 24.9. The quantitative estimate of drug-likeness (QED) is 0.784. The summed E-state index contributed by atoms with van der Waals surface area (Å²) in [5, 5.41) is 11.7. The zero-order valence-electron chi connectivity index (χ0n) is 15.3. The number of nitrogens with one attached hydrogen (secondary N) is 1. The Balaban J connectivity index is 2.27. The number of aromatic hydroxyl groups is 1. The molecule has 0 aliphatic heterocycles. The lowest BCUT2D eigenvalue weighted by atomic mass is 10.0. The molecule has 0 bridgehead atoms. The van der Waals surface area contributed by atoms with Gasteiger partial charge in [-0.15, -0.1) is 0 Å². The minimum atomic E-state index is -1.17. The second-order valence-corrected chi connectivity index (χ2v) is 7.03. The van der Waals surface area contributed by atoms with Crippen molar-refractivity contribution in [1.29, 1.82) is 0 Å². The van der Waals surface area contributed by atoms with E-state index >= 15 is 0 Å². The Morgan fingerprint density at radius 3 is 2.15 bits per heavy atom. The van der Waals surface area contributed by atoms with Crippen molar-refractivity contribution in [2.45, 2.75) is 38.8 Å². The molecular formula is C20H21F2NO4. The first kappa shape index (κ1) is 20.4. The van der Waals surface area contributed by atoms with Crippen molar-refractivity contribution < 1.29 is 28.2 Å². The van der Waals surface area contributed by atoms with Crippen LogP contribution in [0, 0.1) is 11.6 Å². The maximum Gasteiger partial charge on any atom is 0.329 e. The topological polar surface area (TPSA) is 75.6 Å². The second kappa shape index (κ2) is 8.16. The molecule has 0 saturated carbocycles. The first-order chi connectivity index (χ1) is 12.6. The number of hydrogen-bond donors (Lipinski definition) is 2. The second-order valence-electron chi connectivity index (χ2n) is 7.03. The van der Waals surface area contributed by atoms with E-state index in [-0.39, 0.29) is 12.2 Å². The highest BCUT2D eigenvalue weighted by molar-refractivity contribution is 5.97. The maximum absolute atomic E-state index is 13.9. The number of halogens is 2. The van der Waals surface area contributed by atoms with Crippen molar-refractivity contribution in [3.8, 4) is 5.75 Å². The standard InChI is InChI=1S/C20H21F2NO4/c1-20(2,3)27-19(26)16(11-12-7-9-13(24)10-8-12)23-18(25)17-14(21)5-4-6-15(17)22/h4-10,16,24H,11H2,1-3H3,(H,23,25)/t16-/m0/s1. The number of carbonyl (C=O) groups excluding carboxylic acids is 2. The lowest BCUT2D eigenvalue weighted by Crippen LogP contribution is -2.46. The summed E-state index contributed by atoms with van der Waals surface area (Å²) in [6.07, 6.45) is 0.0248. The van der Waals surface area contributed by atoms with E-state index in [1.54, 1.807) is 32.9 Å². The molecule has 1 amide bonds. The molecule has 0 spiro atoms. The number of ether oxygens (including phenoxy) is 1. The van der Waals surface area contributed by atoms with Crippen molar-refractivity contribution in [2.24, 2.45) is 0 Å². The van der Waals surface area contributed by atoms with Gasteiger partial charge in [0.15, 0.2) is 0 Å². The molecule has 2 rings (SSSR count). The molecule has 0 radical (unpaired) electrons. The van der Waals surface area contributed by atoms with Crippen LogP contribution in [0.3, 0.4) is 0 Å². The fraction of sp³-hybridized carbons (Fsp3) is 0.300. The van der Waals surface area contributed by atoms with Crippen LogP contribution in [-0.4, -0.2) is 28.6 Å². The van der Waals surface area contributed by atoms with Gasteiger partial charge in [-0.25, -0.2) is 13.6 Å². The molecule has 2 N–H and O–H groups in total. The Morgan fingerprint density at radius 1 is 1.07 bits per heavy atom. The van der Waals surface area contributed by atoms with Crippen LogP contribution in [0.25, 0.3) is 0 Å². The number of hydrogen-bond acceptors (Lipinski definition) is 4. The number of phenolic OH excluding ortho intramolecular Hbond substituents is 1. The van der Waals surface area contributed by atoms with Crippen LogP contribution >= 0.6 is 0 Å². The van der Waals surface area contributed by atoms with Crippen molar-refractivity contribution >= 4 is 11.9 Å². The first-order valence-electron chi connectivity index (χ1n) is 8.32. The molecule has 27 heavy (non-hydrogen) atoms. The van der Waals surface area contributed by atoms with Gasteiger partial charge in [-0.3, -0.25) is 4.79 Å². The van der Waals surface area contributed by atoms with Gasteiger partial charge in [-0.1, -0.05) is 18.2 Å². The molecule has 0 aliphatic carbocycles. The van der Waals surface area contributed by atoms with Gasteiger partial charge in [-0.05, 0) is 50.6 Å². The first-order valence-corrected chi connectivity index (χ1v) is 8.32. The summed E-state index contributed by atoms with van der Waals surface area (Å²) in [5.74, 6) is -3.80. The third-order valence-corrected chi connectivity index (χ3v) is 3.56. The van der Waals surface area contributed by atoms with Crippen molar-refractivity contribution in [1.82, 2.24) is 5.32 Å². The van der Waals surface area contributed by atoms with Gasteiger partial charge in [0.1, 0.15) is 34.6 Å². The fourth-order valence-corrected chi connectivity index (χ4v) is 2.38. The molecule has 0 aliphatic rings. The third-order valence-electron chi connectivity index (χ3n) is 3.56. The predicted molar refractivity (Wildman–Crippen MR) is 95.3 cm³/mol. The van der Waals surface area contributed by atoms with Crippen LogP contribution in [0.5, 0.6) is 5.75 Å². The van der Waals surface area contributed by atoms with Crippen molar-refractivity contribution in [2.75, 3.05) is 0 Å². The highest BCUT2D eigenvalue weighted by atomic mass is 19.1. The van der Waals surface area contributed by atoms with E-state index in [2.05, 4.69) is 5.32 Å². The normalized spacial score (nSPS) is 12.3. The molecule has 0 fully saturated rings. The summed E-state index contributed by atoms with van der Waals surface area (Å²) in [6, 6.07) is 7.90. The zero-order valence-corrected chi connectivity index (χ0v) is 15.3.